The molecule has 0 aliphatic carbocycles. The maximum absolute atomic E-state index is 11.8. The zero-order valence-corrected chi connectivity index (χ0v) is 11.6. The highest BCUT2D eigenvalue weighted by Crippen LogP contribution is 2.30. The van der Waals surface area contributed by atoms with Crippen molar-refractivity contribution in [3.8, 4) is 0 Å². The van der Waals surface area contributed by atoms with Crippen LogP contribution >= 0.6 is 11.8 Å². The Labute approximate surface area is 118 Å². The number of aliphatic hydroxyl groups excluding tert-OH is 2. The maximum atomic E-state index is 11.8. The number of aromatic amines is 1. The number of nitrogens with one attached hydrogen (secondary N) is 1. The van der Waals surface area contributed by atoms with E-state index < -0.39 is 42.4 Å². The third kappa shape index (κ3) is 2.96. The summed E-state index contributed by atoms with van der Waals surface area (Å²) in [5.74, 6) is 0.303. The van der Waals surface area contributed by atoms with E-state index in [2.05, 4.69) is 4.98 Å². The van der Waals surface area contributed by atoms with E-state index in [0.29, 0.717) is 5.94 Å². The molecule has 1 aromatic rings. The van der Waals surface area contributed by atoms with Crippen LogP contribution in [0.5, 0.6) is 0 Å². The summed E-state index contributed by atoms with van der Waals surface area (Å²) in [7, 11) is 0. The SMILES string of the molecule is CSCOC1[C@@H](O)[C@@H](CO)O[C@H]1n1ccc(=O)[nH]c1=O. The Morgan fingerprint density at radius 1 is 1.55 bits per heavy atom. The number of hydrogen-bond donors (Lipinski definition) is 3. The van der Waals surface area contributed by atoms with Gasteiger partial charge in [-0.05, 0) is 6.26 Å². The molecular formula is C11H16N2O6S. The van der Waals surface area contributed by atoms with Crippen LogP contribution in [0, 0.1) is 0 Å². The van der Waals surface area contributed by atoms with Gasteiger partial charge in [-0.2, -0.15) is 0 Å². The van der Waals surface area contributed by atoms with E-state index in [9.17, 15) is 14.7 Å². The number of rotatable bonds is 5. The van der Waals surface area contributed by atoms with Crippen LogP contribution in [-0.4, -0.2) is 56.9 Å². The van der Waals surface area contributed by atoms with Gasteiger partial charge in [0.05, 0.1) is 12.5 Å². The number of hydrogen-bond acceptors (Lipinski definition) is 7. The first-order valence-corrected chi connectivity index (χ1v) is 7.34. The van der Waals surface area contributed by atoms with Crippen LogP contribution in [0.25, 0.3) is 0 Å². The number of H-pyrrole nitrogens is 1. The molecule has 0 spiro atoms. The van der Waals surface area contributed by atoms with Crippen molar-refractivity contribution in [2.45, 2.75) is 24.5 Å². The lowest BCUT2D eigenvalue weighted by Crippen LogP contribution is -2.39. The van der Waals surface area contributed by atoms with Crippen molar-refractivity contribution in [3.63, 3.8) is 0 Å². The molecule has 1 aromatic heterocycles. The van der Waals surface area contributed by atoms with Crippen molar-refractivity contribution in [1.82, 2.24) is 9.55 Å². The molecule has 1 fully saturated rings. The molecule has 1 aliphatic rings. The van der Waals surface area contributed by atoms with Gasteiger partial charge in [0.15, 0.2) is 6.23 Å². The van der Waals surface area contributed by atoms with E-state index in [0.717, 1.165) is 4.57 Å². The molecule has 3 N–H and O–H groups in total. The summed E-state index contributed by atoms with van der Waals surface area (Å²) in [5.41, 5.74) is -1.18. The molecule has 0 radical (unpaired) electrons. The van der Waals surface area contributed by atoms with Gasteiger partial charge in [-0.3, -0.25) is 14.3 Å². The van der Waals surface area contributed by atoms with E-state index in [-0.39, 0.29) is 0 Å². The molecule has 1 unspecified atom stereocenters. The fourth-order valence-corrected chi connectivity index (χ4v) is 2.34. The Balaban J connectivity index is 2.31. The first-order valence-electron chi connectivity index (χ1n) is 5.95. The lowest BCUT2D eigenvalue weighted by molar-refractivity contribution is -0.0649. The van der Waals surface area contributed by atoms with Crippen molar-refractivity contribution in [1.29, 1.82) is 0 Å². The van der Waals surface area contributed by atoms with E-state index in [4.69, 9.17) is 14.6 Å². The maximum Gasteiger partial charge on any atom is 0.330 e. The van der Waals surface area contributed by atoms with Gasteiger partial charge in [0, 0.05) is 12.3 Å². The lowest BCUT2D eigenvalue weighted by Gasteiger charge is -2.21. The third-order valence-electron chi connectivity index (χ3n) is 3.00. The molecule has 2 heterocycles. The van der Waals surface area contributed by atoms with Gasteiger partial charge in [-0.1, -0.05) is 0 Å². The summed E-state index contributed by atoms with van der Waals surface area (Å²) >= 11 is 1.41. The molecule has 0 amide bonds. The van der Waals surface area contributed by atoms with Crippen molar-refractivity contribution in [2.75, 3.05) is 18.8 Å². The first-order chi connectivity index (χ1) is 9.58. The minimum absolute atomic E-state index is 0.303. The average Bonchev–Trinajstić information content (AvgIpc) is 2.73. The Hall–Kier alpha value is -1.13. The van der Waals surface area contributed by atoms with Crippen molar-refractivity contribution < 1.29 is 19.7 Å². The van der Waals surface area contributed by atoms with Crippen LogP contribution < -0.4 is 11.2 Å². The molecule has 1 saturated heterocycles. The summed E-state index contributed by atoms with van der Waals surface area (Å²) in [4.78, 5) is 24.9. The van der Waals surface area contributed by atoms with Gasteiger partial charge < -0.3 is 19.7 Å². The zero-order valence-electron chi connectivity index (χ0n) is 10.8. The fraction of sp³-hybridized carbons (Fsp3) is 0.636. The van der Waals surface area contributed by atoms with Crippen LogP contribution in [0.3, 0.4) is 0 Å². The molecule has 8 nitrogen and oxygen atoms in total. The van der Waals surface area contributed by atoms with Crippen LogP contribution in [0.15, 0.2) is 21.9 Å². The van der Waals surface area contributed by atoms with Crippen molar-refractivity contribution >= 4 is 11.8 Å². The highest BCUT2D eigenvalue weighted by Gasteiger charge is 2.45. The normalized spacial score (nSPS) is 29.8. The predicted octanol–water partition coefficient (Wildman–Crippen LogP) is -1.51. The molecule has 4 atom stereocenters. The Kier molecular flexibility index (Phi) is 5.00. The van der Waals surface area contributed by atoms with Gasteiger partial charge in [0.25, 0.3) is 5.56 Å². The standard InChI is InChI=1S/C11H16N2O6S/c1-20-5-18-9-8(16)6(4-14)19-10(9)13-3-2-7(15)12-11(13)17/h2-3,6,8-10,14,16H,4-5H2,1H3,(H,12,15,17)/t6-,8+,9?,10-/m1/s1. The van der Waals surface area contributed by atoms with Crippen LogP contribution in [0.1, 0.15) is 6.23 Å². The summed E-state index contributed by atoms with van der Waals surface area (Å²) < 4.78 is 12.1. The molecule has 0 bridgehead atoms. The van der Waals surface area contributed by atoms with Crippen LogP contribution in [0.2, 0.25) is 0 Å². The quantitative estimate of drug-likeness (QED) is 0.567. The van der Waals surface area contributed by atoms with E-state index in [1.165, 1.54) is 24.0 Å². The fourth-order valence-electron chi connectivity index (χ4n) is 2.05. The van der Waals surface area contributed by atoms with Crippen molar-refractivity contribution in [2.24, 2.45) is 0 Å². The number of nitrogens with zero attached hydrogens (tertiary/aromatic N) is 1. The minimum Gasteiger partial charge on any atom is -0.394 e. The summed E-state index contributed by atoms with van der Waals surface area (Å²) in [6.45, 7) is -0.394. The summed E-state index contributed by atoms with van der Waals surface area (Å²) in [5, 5.41) is 19.2. The van der Waals surface area contributed by atoms with Gasteiger partial charge in [-0.25, -0.2) is 4.79 Å². The molecule has 112 valence electrons. The van der Waals surface area contributed by atoms with Gasteiger partial charge in [0.2, 0.25) is 0 Å². The number of aromatic nitrogens is 2. The Morgan fingerprint density at radius 2 is 2.30 bits per heavy atom. The highest BCUT2D eigenvalue weighted by atomic mass is 32.2. The third-order valence-corrected chi connectivity index (χ3v) is 3.37. The molecule has 0 aromatic carbocycles. The highest BCUT2D eigenvalue weighted by molar-refractivity contribution is 7.98. The lowest BCUT2D eigenvalue weighted by atomic mass is 10.1. The smallest absolute Gasteiger partial charge is 0.330 e. The first kappa shape index (κ1) is 15.3. The Bertz CT molecular complexity index is 558. The molecule has 20 heavy (non-hydrogen) atoms. The molecule has 2 rings (SSSR count). The second-order valence-electron chi connectivity index (χ2n) is 4.29. The number of thioether (sulfide) groups is 1. The molecule has 0 saturated carbocycles. The van der Waals surface area contributed by atoms with Gasteiger partial charge in [0.1, 0.15) is 18.3 Å². The predicted molar refractivity (Wildman–Crippen MR) is 71.6 cm³/mol. The van der Waals surface area contributed by atoms with E-state index in [1.54, 1.807) is 0 Å². The summed E-state index contributed by atoms with van der Waals surface area (Å²) in [6.07, 6.45) is -0.510. The number of ether oxygens (including phenoxy) is 2. The second kappa shape index (κ2) is 6.55. The van der Waals surface area contributed by atoms with Crippen molar-refractivity contribution in [3.05, 3.63) is 33.1 Å². The molecular weight excluding hydrogens is 288 g/mol. The Morgan fingerprint density at radius 3 is 2.90 bits per heavy atom. The average molecular weight is 304 g/mol. The van der Waals surface area contributed by atoms with Crippen LogP contribution in [-0.2, 0) is 9.47 Å². The number of aliphatic hydroxyl groups is 2. The molecule has 9 heteroatoms. The second-order valence-corrected chi connectivity index (χ2v) is 5.11. The zero-order chi connectivity index (χ0) is 14.7. The van der Waals surface area contributed by atoms with Crippen LogP contribution in [0.4, 0.5) is 0 Å². The topological polar surface area (TPSA) is 114 Å². The molecule has 1 aliphatic heterocycles. The largest absolute Gasteiger partial charge is 0.394 e. The monoisotopic (exact) mass is 304 g/mol. The van der Waals surface area contributed by atoms with E-state index >= 15 is 0 Å². The summed E-state index contributed by atoms with van der Waals surface area (Å²) in [6, 6.07) is 1.18. The van der Waals surface area contributed by atoms with E-state index in [1.807, 2.05) is 6.26 Å². The van der Waals surface area contributed by atoms with Gasteiger partial charge >= 0.3 is 5.69 Å². The minimum atomic E-state index is -1.06. The van der Waals surface area contributed by atoms with Gasteiger partial charge in [-0.15, -0.1) is 11.8 Å².